The Bertz CT molecular complexity index is 761. The van der Waals surface area contributed by atoms with Gasteiger partial charge in [-0.15, -0.1) is 0 Å². The molecule has 2 aromatic rings. The zero-order valence-corrected chi connectivity index (χ0v) is 14.2. The van der Waals surface area contributed by atoms with Gasteiger partial charge in [0.05, 0.1) is 18.1 Å². The molecule has 23 heavy (non-hydrogen) atoms. The van der Waals surface area contributed by atoms with Crippen molar-refractivity contribution >= 4 is 10.0 Å². The van der Waals surface area contributed by atoms with Gasteiger partial charge in [-0.2, -0.15) is 0 Å². The summed E-state index contributed by atoms with van der Waals surface area (Å²) in [5.41, 5.74) is 1.70. The molecule has 1 aliphatic rings. The zero-order valence-electron chi connectivity index (χ0n) is 13.4. The van der Waals surface area contributed by atoms with Crippen molar-refractivity contribution in [3.8, 4) is 11.5 Å². The number of hydrogen-bond acceptors (Lipinski definition) is 5. The Balaban J connectivity index is 1.61. The first-order valence-electron chi connectivity index (χ1n) is 7.67. The number of nitrogens with zero attached hydrogens (tertiary/aromatic N) is 5. The molecule has 0 aromatic carbocycles. The third kappa shape index (κ3) is 3.76. The maximum absolute atomic E-state index is 11.5. The summed E-state index contributed by atoms with van der Waals surface area (Å²) in [6.07, 6.45) is 11.0. The van der Waals surface area contributed by atoms with Gasteiger partial charge in [0.15, 0.2) is 5.82 Å². The SMILES string of the molecule is Cn1ccnc1-c1cnc(CC2CCN(S(C)(=O)=O)CC2)cn1. The summed E-state index contributed by atoms with van der Waals surface area (Å²) >= 11 is 0. The Hall–Kier alpha value is -1.80. The second-order valence-electron chi connectivity index (χ2n) is 6.06. The van der Waals surface area contributed by atoms with E-state index in [-0.39, 0.29) is 0 Å². The molecule has 8 heteroatoms. The van der Waals surface area contributed by atoms with Crippen molar-refractivity contribution in [2.24, 2.45) is 13.0 Å². The maximum Gasteiger partial charge on any atom is 0.211 e. The van der Waals surface area contributed by atoms with Gasteiger partial charge in [-0.3, -0.25) is 4.98 Å². The summed E-state index contributed by atoms with van der Waals surface area (Å²) in [7, 11) is -1.14. The van der Waals surface area contributed by atoms with Gasteiger partial charge in [0.2, 0.25) is 10.0 Å². The van der Waals surface area contributed by atoms with Crippen molar-refractivity contribution in [2.75, 3.05) is 19.3 Å². The van der Waals surface area contributed by atoms with E-state index in [1.54, 1.807) is 22.9 Å². The van der Waals surface area contributed by atoms with Crippen molar-refractivity contribution in [3.63, 3.8) is 0 Å². The molecule has 124 valence electrons. The first-order chi connectivity index (χ1) is 10.9. The summed E-state index contributed by atoms with van der Waals surface area (Å²) < 4.78 is 26.5. The molecular formula is C15H21N5O2S. The van der Waals surface area contributed by atoms with Crippen LogP contribution < -0.4 is 0 Å². The summed E-state index contributed by atoms with van der Waals surface area (Å²) in [5, 5.41) is 0. The first kappa shape index (κ1) is 16.1. The highest BCUT2D eigenvalue weighted by Crippen LogP contribution is 2.22. The molecular weight excluding hydrogens is 314 g/mol. The smallest absolute Gasteiger partial charge is 0.211 e. The lowest BCUT2D eigenvalue weighted by Crippen LogP contribution is -2.38. The summed E-state index contributed by atoms with van der Waals surface area (Å²) in [5.74, 6) is 1.26. The first-order valence-corrected chi connectivity index (χ1v) is 9.52. The van der Waals surface area contributed by atoms with Crippen LogP contribution in [0, 0.1) is 5.92 Å². The number of sulfonamides is 1. The van der Waals surface area contributed by atoms with E-state index < -0.39 is 10.0 Å². The van der Waals surface area contributed by atoms with Gasteiger partial charge < -0.3 is 4.57 Å². The van der Waals surface area contributed by atoms with Gasteiger partial charge in [0.25, 0.3) is 0 Å². The Morgan fingerprint density at radius 3 is 2.43 bits per heavy atom. The number of imidazole rings is 1. The molecule has 7 nitrogen and oxygen atoms in total. The third-order valence-electron chi connectivity index (χ3n) is 4.30. The van der Waals surface area contributed by atoms with Gasteiger partial charge in [0, 0.05) is 38.7 Å². The van der Waals surface area contributed by atoms with Crippen LogP contribution in [0.4, 0.5) is 0 Å². The van der Waals surface area contributed by atoms with E-state index in [0.29, 0.717) is 19.0 Å². The fraction of sp³-hybridized carbons (Fsp3) is 0.533. The number of rotatable bonds is 4. The number of piperidine rings is 1. The van der Waals surface area contributed by atoms with E-state index >= 15 is 0 Å². The predicted octanol–water partition coefficient (Wildman–Crippen LogP) is 1.09. The average Bonchev–Trinajstić information content (AvgIpc) is 2.94. The van der Waals surface area contributed by atoms with E-state index in [4.69, 9.17) is 0 Å². The lowest BCUT2D eigenvalue weighted by atomic mass is 9.93. The van der Waals surface area contributed by atoms with Gasteiger partial charge >= 0.3 is 0 Å². The minimum atomic E-state index is -3.06. The molecule has 1 aliphatic heterocycles. The van der Waals surface area contributed by atoms with Crippen LogP contribution in [-0.2, 0) is 23.5 Å². The average molecular weight is 335 g/mol. The molecule has 0 aliphatic carbocycles. The number of aromatic nitrogens is 4. The zero-order chi connectivity index (χ0) is 16.4. The lowest BCUT2D eigenvalue weighted by Gasteiger charge is -2.29. The van der Waals surface area contributed by atoms with Crippen LogP contribution in [0.15, 0.2) is 24.8 Å². The molecule has 2 aromatic heterocycles. The van der Waals surface area contributed by atoms with Gasteiger partial charge in [-0.25, -0.2) is 22.7 Å². The van der Waals surface area contributed by atoms with E-state index in [1.165, 1.54) is 6.26 Å². The quantitative estimate of drug-likeness (QED) is 0.835. The van der Waals surface area contributed by atoms with Gasteiger partial charge in [-0.05, 0) is 25.2 Å². The van der Waals surface area contributed by atoms with E-state index in [9.17, 15) is 8.42 Å². The second-order valence-corrected chi connectivity index (χ2v) is 8.05. The fourth-order valence-electron chi connectivity index (χ4n) is 2.93. The van der Waals surface area contributed by atoms with Crippen LogP contribution in [0.3, 0.4) is 0 Å². The highest BCUT2D eigenvalue weighted by atomic mass is 32.2. The summed E-state index contributed by atoms with van der Waals surface area (Å²) in [4.78, 5) is 13.2. The molecule has 3 rings (SSSR count). The minimum Gasteiger partial charge on any atom is -0.333 e. The maximum atomic E-state index is 11.5. The molecule has 0 unspecified atom stereocenters. The monoisotopic (exact) mass is 335 g/mol. The van der Waals surface area contributed by atoms with Crippen LogP contribution in [0.5, 0.6) is 0 Å². The third-order valence-corrected chi connectivity index (χ3v) is 5.60. The molecule has 0 amide bonds. The van der Waals surface area contributed by atoms with Gasteiger partial charge in [-0.1, -0.05) is 0 Å². The molecule has 0 saturated carbocycles. The molecule has 1 saturated heterocycles. The predicted molar refractivity (Wildman–Crippen MR) is 87.1 cm³/mol. The lowest BCUT2D eigenvalue weighted by molar-refractivity contribution is 0.273. The van der Waals surface area contributed by atoms with Crippen LogP contribution >= 0.6 is 0 Å². The Morgan fingerprint density at radius 2 is 1.91 bits per heavy atom. The van der Waals surface area contributed by atoms with Crippen LogP contribution in [0.2, 0.25) is 0 Å². The molecule has 1 fully saturated rings. The van der Waals surface area contributed by atoms with Crippen LogP contribution in [0.25, 0.3) is 11.5 Å². The fourth-order valence-corrected chi connectivity index (χ4v) is 3.80. The van der Waals surface area contributed by atoms with Crippen LogP contribution in [0.1, 0.15) is 18.5 Å². The molecule has 0 atom stereocenters. The van der Waals surface area contributed by atoms with E-state index in [1.807, 2.05) is 17.8 Å². The molecule has 0 bridgehead atoms. The molecule has 0 radical (unpaired) electrons. The minimum absolute atomic E-state index is 0.460. The van der Waals surface area contributed by atoms with Crippen LogP contribution in [-0.4, -0.2) is 51.6 Å². The number of aryl methyl sites for hydroxylation is 1. The van der Waals surface area contributed by atoms with Crippen molar-refractivity contribution < 1.29 is 8.42 Å². The highest BCUT2D eigenvalue weighted by Gasteiger charge is 2.25. The van der Waals surface area contributed by atoms with Crippen molar-refractivity contribution in [1.82, 2.24) is 23.8 Å². The number of hydrogen-bond donors (Lipinski definition) is 0. The Labute approximate surface area is 136 Å². The molecule has 0 spiro atoms. The standard InChI is InChI=1S/C15H21N5O2S/c1-19-8-5-16-15(19)14-11-17-13(10-18-14)9-12-3-6-20(7-4-12)23(2,21)22/h5,8,10-12H,3-4,6-7,9H2,1-2H3. The molecule has 3 heterocycles. The topological polar surface area (TPSA) is 81.0 Å². The molecule has 0 N–H and O–H groups in total. The Kier molecular flexibility index (Phi) is 4.45. The summed E-state index contributed by atoms with van der Waals surface area (Å²) in [6, 6.07) is 0. The normalized spacial score (nSPS) is 17.5. The van der Waals surface area contributed by atoms with Crippen molar-refractivity contribution in [1.29, 1.82) is 0 Å². The van der Waals surface area contributed by atoms with Crippen molar-refractivity contribution in [3.05, 3.63) is 30.5 Å². The largest absolute Gasteiger partial charge is 0.333 e. The highest BCUT2D eigenvalue weighted by molar-refractivity contribution is 7.88. The van der Waals surface area contributed by atoms with Crippen molar-refractivity contribution in [2.45, 2.75) is 19.3 Å². The van der Waals surface area contributed by atoms with E-state index in [2.05, 4.69) is 15.0 Å². The second kappa shape index (κ2) is 6.37. The summed E-state index contributed by atoms with van der Waals surface area (Å²) in [6.45, 7) is 1.20. The van der Waals surface area contributed by atoms with Gasteiger partial charge in [0.1, 0.15) is 5.69 Å². The Morgan fingerprint density at radius 1 is 1.17 bits per heavy atom. The van der Waals surface area contributed by atoms with E-state index in [0.717, 1.165) is 36.5 Å².